The van der Waals surface area contributed by atoms with Gasteiger partial charge < -0.3 is 19.9 Å². The molecular weight excluding hydrogens is 442 g/mol. The Morgan fingerprint density at radius 2 is 1.71 bits per heavy atom. The largest absolute Gasteiger partial charge is 0.495 e. The Morgan fingerprint density at radius 1 is 1.06 bits per heavy atom. The van der Waals surface area contributed by atoms with E-state index in [9.17, 15) is 18.0 Å². The maximum atomic E-state index is 12.8. The molecule has 1 N–H and O–H groups in total. The number of hydrogen-bond acceptors (Lipinski definition) is 6. The molecule has 1 saturated heterocycles. The molecule has 0 radical (unpaired) electrons. The molecule has 1 aliphatic rings. The van der Waals surface area contributed by atoms with Crippen LogP contribution in [0.2, 0.25) is 5.02 Å². The lowest BCUT2D eigenvalue weighted by molar-refractivity contribution is -0.113. The summed E-state index contributed by atoms with van der Waals surface area (Å²) in [5.41, 5.74) is 0.625. The molecule has 8 nitrogen and oxygen atoms in total. The molecule has 0 aromatic heterocycles. The summed E-state index contributed by atoms with van der Waals surface area (Å²) < 4.78 is 30.3. The maximum Gasteiger partial charge on any atom is 0.254 e. The molecule has 0 aliphatic carbocycles. The number of benzene rings is 2. The van der Waals surface area contributed by atoms with Crippen LogP contribution in [-0.2, 0) is 14.6 Å². The van der Waals surface area contributed by atoms with E-state index in [0.29, 0.717) is 29.4 Å². The molecule has 0 spiro atoms. The van der Waals surface area contributed by atoms with Crippen molar-refractivity contribution in [2.24, 2.45) is 0 Å². The van der Waals surface area contributed by atoms with Crippen molar-refractivity contribution in [3.8, 4) is 5.75 Å². The first-order chi connectivity index (χ1) is 14.7. The fourth-order valence-electron chi connectivity index (χ4n) is 3.21. The molecule has 0 unspecified atom stereocenters. The number of nitrogens with zero attached hydrogens (tertiary/aromatic N) is 2. The number of methoxy groups -OCH3 is 1. The zero-order chi connectivity index (χ0) is 22.6. The van der Waals surface area contributed by atoms with Gasteiger partial charge in [0.2, 0.25) is 5.91 Å². The van der Waals surface area contributed by atoms with Gasteiger partial charge in [-0.25, -0.2) is 8.42 Å². The monoisotopic (exact) mass is 465 g/mol. The van der Waals surface area contributed by atoms with Gasteiger partial charge in [-0.05, 0) is 49.5 Å². The van der Waals surface area contributed by atoms with Crippen LogP contribution >= 0.6 is 11.6 Å². The van der Waals surface area contributed by atoms with Gasteiger partial charge >= 0.3 is 0 Å². The van der Waals surface area contributed by atoms with Crippen LogP contribution in [0.1, 0.15) is 10.4 Å². The van der Waals surface area contributed by atoms with E-state index in [0.717, 1.165) is 13.1 Å². The van der Waals surface area contributed by atoms with Crippen LogP contribution in [0.4, 0.5) is 5.69 Å². The van der Waals surface area contributed by atoms with Crippen LogP contribution < -0.4 is 10.1 Å². The summed E-state index contributed by atoms with van der Waals surface area (Å²) >= 11 is 5.79. The van der Waals surface area contributed by atoms with Crippen molar-refractivity contribution in [1.29, 1.82) is 0 Å². The number of halogens is 1. The summed E-state index contributed by atoms with van der Waals surface area (Å²) in [7, 11) is -0.427. The standard InChI is InChI=1S/C21H24ClN3O5S/c1-24-9-11-25(12-10-24)21(27)15-3-8-19(30-2)18(13-15)23-20(26)14-31(28,29)17-6-4-16(22)5-7-17/h3-8,13H,9-12,14H2,1-2H3,(H,23,26). The van der Waals surface area contributed by atoms with Crippen molar-refractivity contribution in [2.75, 3.05) is 51.4 Å². The fraction of sp³-hybridized carbons (Fsp3) is 0.333. The molecule has 1 fully saturated rings. The zero-order valence-electron chi connectivity index (χ0n) is 17.3. The van der Waals surface area contributed by atoms with Crippen LogP contribution in [-0.4, -0.2) is 76.1 Å². The highest BCUT2D eigenvalue weighted by atomic mass is 35.5. The first-order valence-electron chi connectivity index (χ1n) is 9.63. The van der Waals surface area contributed by atoms with Crippen molar-refractivity contribution >= 4 is 38.9 Å². The minimum atomic E-state index is -3.86. The number of likely N-dealkylation sites (N-methyl/N-ethyl adjacent to an activating group) is 1. The van der Waals surface area contributed by atoms with Crippen molar-refractivity contribution in [3.63, 3.8) is 0 Å². The number of anilines is 1. The number of carbonyl (C=O) groups is 2. The number of sulfone groups is 1. The van der Waals surface area contributed by atoms with Crippen LogP contribution in [0.25, 0.3) is 0 Å². The smallest absolute Gasteiger partial charge is 0.254 e. The highest BCUT2D eigenvalue weighted by Crippen LogP contribution is 2.27. The van der Waals surface area contributed by atoms with E-state index in [1.807, 2.05) is 7.05 Å². The Morgan fingerprint density at radius 3 is 2.32 bits per heavy atom. The molecule has 2 aromatic rings. The Hall–Kier alpha value is -2.62. The van der Waals surface area contributed by atoms with Gasteiger partial charge in [0.15, 0.2) is 9.84 Å². The molecular formula is C21H24ClN3O5S. The fourth-order valence-corrected chi connectivity index (χ4v) is 4.48. The number of ether oxygens (including phenoxy) is 1. The lowest BCUT2D eigenvalue weighted by Gasteiger charge is -2.32. The average molecular weight is 466 g/mol. The summed E-state index contributed by atoms with van der Waals surface area (Å²) in [5.74, 6) is -1.32. The number of carbonyl (C=O) groups excluding carboxylic acids is 2. The molecule has 0 bridgehead atoms. The van der Waals surface area contributed by atoms with Crippen molar-refractivity contribution < 1.29 is 22.7 Å². The second kappa shape index (κ2) is 9.67. The molecule has 166 valence electrons. The lowest BCUT2D eigenvalue weighted by atomic mass is 10.1. The molecule has 0 atom stereocenters. The van der Waals surface area contributed by atoms with E-state index >= 15 is 0 Å². The van der Waals surface area contributed by atoms with Crippen LogP contribution in [0.3, 0.4) is 0 Å². The maximum absolute atomic E-state index is 12.8. The van der Waals surface area contributed by atoms with Crippen LogP contribution in [0, 0.1) is 0 Å². The summed E-state index contributed by atoms with van der Waals surface area (Å²) in [4.78, 5) is 29.2. The molecule has 31 heavy (non-hydrogen) atoms. The summed E-state index contributed by atoms with van der Waals surface area (Å²) in [6.45, 7) is 2.80. The predicted molar refractivity (Wildman–Crippen MR) is 119 cm³/mol. The molecule has 0 saturated carbocycles. The van der Waals surface area contributed by atoms with Crippen molar-refractivity contribution in [1.82, 2.24) is 9.80 Å². The van der Waals surface area contributed by atoms with Crippen molar-refractivity contribution in [3.05, 3.63) is 53.1 Å². The minimum Gasteiger partial charge on any atom is -0.495 e. The third-order valence-corrected chi connectivity index (χ3v) is 6.89. The number of amides is 2. The van der Waals surface area contributed by atoms with Gasteiger partial charge in [-0.2, -0.15) is 0 Å². The lowest BCUT2D eigenvalue weighted by Crippen LogP contribution is -2.47. The van der Waals surface area contributed by atoms with Gasteiger partial charge in [-0.1, -0.05) is 11.6 Å². The van der Waals surface area contributed by atoms with Gasteiger partial charge in [-0.3, -0.25) is 9.59 Å². The number of rotatable bonds is 6. The molecule has 1 aliphatic heterocycles. The van der Waals surface area contributed by atoms with E-state index in [-0.39, 0.29) is 16.5 Å². The third kappa shape index (κ3) is 5.75. The first kappa shape index (κ1) is 23.1. The minimum absolute atomic E-state index is 0.00184. The zero-order valence-corrected chi connectivity index (χ0v) is 18.9. The van der Waals surface area contributed by atoms with E-state index in [4.69, 9.17) is 16.3 Å². The second-order valence-electron chi connectivity index (χ2n) is 7.27. The predicted octanol–water partition coefficient (Wildman–Crippen LogP) is 2.15. The Labute approximate surface area is 186 Å². The van der Waals surface area contributed by atoms with Crippen LogP contribution in [0.5, 0.6) is 5.75 Å². The highest BCUT2D eigenvalue weighted by molar-refractivity contribution is 7.92. The second-order valence-corrected chi connectivity index (χ2v) is 9.70. The third-order valence-electron chi connectivity index (χ3n) is 5.00. The van der Waals surface area contributed by atoms with Crippen molar-refractivity contribution in [2.45, 2.75) is 4.90 Å². The Balaban J connectivity index is 1.75. The Kier molecular flexibility index (Phi) is 7.19. The first-order valence-corrected chi connectivity index (χ1v) is 11.7. The molecule has 2 aromatic carbocycles. The quantitative estimate of drug-likeness (QED) is 0.702. The molecule has 1 heterocycles. The van der Waals surface area contributed by atoms with E-state index < -0.39 is 21.5 Å². The average Bonchev–Trinajstić information content (AvgIpc) is 2.73. The van der Waals surface area contributed by atoms with Gasteiger partial charge in [0.05, 0.1) is 17.7 Å². The normalized spacial score (nSPS) is 14.9. The van der Waals surface area contributed by atoms with Gasteiger partial charge in [0.1, 0.15) is 11.5 Å². The SMILES string of the molecule is COc1ccc(C(=O)N2CCN(C)CC2)cc1NC(=O)CS(=O)(=O)c1ccc(Cl)cc1. The molecule has 2 amide bonds. The molecule has 10 heteroatoms. The highest BCUT2D eigenvalue weighted by Gasteiger charge is 2.23. The van der Waals surface area contributed by atoms with E-state index in [1.165, 1.54) is 37.4 Å². The van der Waals surface area contributed by atoms with Gasteiger partial charge in [0, 0.05) is 36.8 Å². The molecule has 3 rings (SSSR count). The summed E-state index contributed by atoms with van der Waals surface area (Å²) in [5, 5.41) is 2.95. The number of hydrogen-bond donors (Lipinski definition) is 1. The topological polar surface area (TPSA) is 96.0 Å². The van der Waals surface area contributed by atoms with Gasteiger partial charge in [-0.15, -0.1) is 0 Å². The number of nitrogens with one attached hydrogen (secondary N) is 1. The van der Waals surface area contributed by atoms with E-state index in [2.05, 4.69) is 10.2 Å². The summed E-state index contributed by atoms with van der Waals surface area (Å²) in [6, 6.07) is 10.3. The van der Waals surface area contributed by atoms with E-state index in [1.54, 1.807) is 17.0 Å². The Bertz CT molecular complexity index is 1060. The van der Waals surface area contributed by atoms with Crippen LogP contribution in [0.15, 0.2) is 47.4 Å². The number of piperazine rings is 1. The van der Waals surface area contributed by atoms with Gasteiger partial charge in [0.25, 0.3) is 5.91 Å². The summed E-state index contributed by atoms with van der Waals surface area (Å²) in [6.07, 6.45) is 0.